The third-order valence-electron chi connectivity index (χ3n) is 7.19. The van der Waals surface area contributed by atoms with Crippen LogP contribution < -0.4 is 24.3 Å². The minimum absolute atomic E-state index is 0.0516. The van der Waals surface area contributed by atoms with Crippen molar-refractivity contribution in [2.24, 2.45) is 5.92 Å². The summed E-state index contributed by atoms with van der Waals surface area (Å²) < 4.78 is 23.5. The first-order valence-corrected chi connectivity index (χ1v) is 14.2. The zero-order valence-electron chi connectivity index (χ0n) is 23.2. The number of hydrogen-bond donors (Lipinski definition) is 1. The maximum absolute atomic E-state index is 14.0. The van der Waals surface area contributed by atoms with Gasteiger partial charge < -0.3 is 29.2 Å². The van der Waals surface area contributed by atoms with Crippen LogP contribution in [0.25, 0.3) is 0 Å². The molecular formula is C30H39ClN2O6. The Kier molecular flexibility index (Phi) is 9.83. The van der Waals surface area contributed by atoms with Gasteiger partial charge in [-0.25, -0.2) is 0 Å². The summed E-state index contributed by atoms with van der Waals surface area (Å²) in [6.07, 6.45) is 3.39. The predicted octanol–water partition coefficient (Wildman–Crippen LogP) is 5.13. The number of nitrogens with one attached hydrogen (secondary N) is 1. The Labute approximate surface area is 235 Å². The number of para-hydroxylation sites is 2. The Balaban J connectivity index is 1.66. The normalized spacial score (nSPS) is 21.1. The minimum Gasteiger partial charge on any atom is -0.493 e. The molecule has 1 heterocycles. The first kappa shape index (κ1) is 28.9. The highest BCUT2D eigenvalue weighted by molar-refractivity contribution is 6.27. The molecule has 2 amide bonds. The molecule has 1 fully saturated rings. The average molecular weight is 559 g/mol. The van der Waals surface area contributed by atoms with Crippen molar-refractivity contribution in [2.45, 2.75) is 70.7 Å². The lowest BCUT2D eigenvalue weighted by Crippen LogP contribution is -2.51. The number of fused-ring (bicyclic) bond motifs is 1. The third kappa shape index (κ3) is 7.29. The van der Waals surface area contributed by atoms with E-state index in [9.17, 15) is 9.59 Å². The molecule has 2 atom stereocenters. The van der Waals surface area contributed by atoms with E-state index in [2.05, 4.69) is 12.2 Å². The van der Waals surface area contributed by atoms with Gasteiger partial charge in [0.2, 0.25) is 11.8 Å². The van der Waals surface area contributed by atoms with Crippen molar-refractivity contribution in [1.82, 2.24) is 10.2 Å². The minimum atomic E-state index is -0.946. The van der Waals surface area contributed by atoms with E-state index in [0.29, 0.717) is 34.5 Å². The first-order chi connectivity index (χ1) is 18.8. The van der Waals surface area contributed by atoms with Gasteiger partial charge in [-0.3, -0.25) is 9.59 Å². The number of benzene rings is 2. The highest BCUT2D eigenvalue weighted by Gasteiger charge is 2.36. The SMILES string of the molecule is COc1cc([C@@H](C(=O)NC2CCC(C)CC2)N(C[C@@H]2COc3ccccc3O2)C(=O)CCl)ccc1OC(C)C. The van der Waals surface area contributed by atoms with Crippen molar-refractivity contribution in [1.29, 1.82) is 0 Å². The fourth-order valence-electron chi connectivity index (χ4n) is 5.16. The van der Waals surface area contributed by atoms with E-state index in [1.165, 1.54) is 4.90 Å². The molecule has 0 radical (unpaired) electrons. The smallest absolute Gasteiger partial charge is 0.247 e. The Hall–Kier alpha value is -3.13. The fourth-order valence-corrected chi connectivity index (χ4v) is 5.32. The molecule has 0 bridgehead atoms. The lowest BCUT2D eigenvalue weighted by atomic mass is 9.87. The molecule has 4 rings (SSSR count). The summed E-state index contributed by atoms with van der Waals surface area (Å²) in [5.41, 5.74) is 0.597. The van der Waals surface area contributed by atoms with E-state index in [4.69, 9.17) is 30.5 Å². The second-order valence-corrected chi connectivity index (χ2v) is 10.9. The van der Waals surface area contributed by atoms with Gasteiger partial charge >= 0.3 is 0 Å². The van der Waals surface area contributed by atoms with Gasteiger partial charge in [-0.15, -0.1) is 11.6 Å². The predicted molar refractivity (Wildman–Crippen MR) is 150 cm³/mol. The van der Waals surface area contributed by atoms with Crippen LogP contribution in [-0.4, -0.2) is 61.1 Å². The van der Waals surface area contributed by atoms with E-state index in [1.807, 2.05) is 38.1 Å². The molecule has 9 heteroatoms. The van der Waals surface area contributed by atoms with Gasteiger partial charge in [-0.1, -0.05) is 25.1 Å². The summed E-state index contributed by atoms with van der Waals surface area (Å²) in [4.78, 5) is 28.8. The zero-order valence-corrected chi connectivity index (χ0v) is 23.9. The second-order valence-electron chi connectivity index (χ2n) is 10.6. The van der Waals surface area contributed by atoms with Gasteiger partial charge in [0.05, 0.1) is 19.8 Å². The fraction of sp³-hybridized carbons (Fsp3) is 0.533. The molecule has 0 spiro atoms. The Morgan fingerprint density at radius 1 is 1.08 bits per heavy atom. The van der Waals surface area contributed by atoms with Crippen molar-refractivity contribution in [3.05, 3.63) is 48.0 Å². The maximum atomic E-state index is 14.0. The summed E-state index contributed by atoms with van der Waals surface area (Å²) in [7, 11) is 1.55. The third-order valence-corrected chi connectivity index (χ3v) is 7.42. The van der Waals surface area contributed by atoms with Gasteiger partial charge in [0, 0.05) is 6.04 Å². The molecule has 212 valence electrons. The number of ether oxygens (including phenoxy) is 4. The van der Waals surface area contributed by atoms with E-state index < -0.39 is 12.1 Å². The molecule has 2 aromatic carbocycles. The number of hydrogen-bond acceptors (Lipinski definition) is 6. The highest BCUT2D eigenvalue weighted by Crippen LogP contribution is 2.35. The molecular weight excluding hydrogens is 520 g/mol. The zero-order chi connectivity index (χ0) is 27.9. The lowest BCUT2D eigenvalue weighted by Gasteiger charge is -2.36. The van der Waals surface area contributed by atoms with Gasteiger partial charge in [0.25, 0.3) is 0 Å². The number of alkyl halides is 1. The Bertz CT molecular complexity index is 1130. The maximum Gasteiger partial charge on any atom is 0.247 e. The van der Waals surface area contributed by atoms with Crippen LogP contribution in [0.4, 0.5) is 0 Å². The highest BCUT2D eigenvalue weighted by atomic mass is 35.5. The van der Waals surface area contributed by atoms with Gasteiger partial charge in [0.1, 0.15) is 18.5 Å². The number of carbonyl (C=O) groups excluding carboxylic acids is 2. The summed E-state index contributed by atoms with van der Waals surface area (Å²) in [6.45, 7) is 6.45. The van der Waals surface area contributed by atoms with Crippen LogP contribution in [0, 0.1) is 5.92 Å². The van der Waals surface area contributed by atoms with Crippen molar-refractivity contribution in [3.8, 4) is 23.0 Å². The standard InChI is InChI=1S/C30H39ClN2O6/c1-19(2)38-26-14-11-21(15-27(26)36-4)29(30(35)32-22-12-9-20(3)10-13-22)33(28(34)16-31)17-23-18-37-24-7-5-6-8-25(24)39-23/h5-8,11,14-15,19-20,22-23,29H,9-10,12-13,16-18H2,1-4H3,(H,32,35)/t20?,22?,23-,29+/m1/s1. The molecule has 8 nitrogen and oxygen atoms in total. The van der Waals surface area contributed by atoms with Crippen molar-refractivity contribution >= 4 is 23.4 Å². The van der Waals surface area contributed by atoms with Crippen LogP contribution in [0.15, 0.2) is 42.5 Å². The molecule has 0 saturated heterocycles. The largest absolute Gasteiger partial charge is 0.493 e. The van der Waals surface area contributed by atoms with Crippen LogP contribution >= 0.6 is 11.6 Å². The summed E-state index contributed by atoms with van der Waals surface area (Å²) in [5, 5.41) is 3.21. The molecule has 1 aliphatic carbocycles. The van der Waals surface area contributed by atoms with Crippen molar-refractivity contribution in [2.75, 3.05) is 26.1 Å². The van der Waals surface area contributed by atoms with Gasteiger partial charge in [-0.2, -0.15) is 0 Å². The topological polar surface area (TPSA) is 86.3 Å². The van der Waals surface area contributed by atoms with Crippen molar-refractivity contribution in [3.63, 3.8) is 0 Å². The molecule has 1 saturated carbocycles. The Morgan fingerprint density at radius 3 is 2.46 bits per heavy atom. The summed E-state index contributed by atoms with van der Waals surface area (Å²) in [6, 6.07) is 11.8. The molecule has 39 heavy (non-hydrogen) atoms. The number of carbonyl (C=O) groups is 2. The van der Waals surface area contributed by atoms with Gasteiger partial charge in [0.15, 0.2) is 29.1 Å². The summed E-state index contributed by atoms with van der Waals surface area (Å²) >= 11 is 6.09. The molecule has 0 aromatic heterocycles. The number of nitrogens with zero attached hydrogens (tertiary/aromatic N) is 1. The van der Waals surface area contributed by atoms with Crippen LogP contribution in [0.1, 0.15) is 58.1 Å². The van der Waals surface area contributed by atoms with E-state index in [1.54, 1.807) is 25.3 Å². The van der Waals surface area contributed by atoms with Crippen molar-refractivity contribution < 1.29 is 28.5 Å². The number of rotatable bonds is 10. The quantitative estimate of drug-likeness (QED) is 0.407. The van der Waals surface area contributed by atoms with Crippen LogP contribution in [0.2, 0.25) is 0 Å². The number of methoxy groups -OCH3 is 1. The lowest BCUT2D eigenvalue weighted by molar-refractivity contribution is -0.141. The van der Waals surface area contributed by atoms with E-state index in [0.717, 1.165) is 25.7 Å². The molecule has 2 aromatic rings. The van der Waals surface area contributed by atoms with Crippen LogP contribution in [-0.2, 0) is 9.59 Å². The number of amides is 2. The first-order valence-electron chi connectivity index (χ1n) is 13.7. The molecule has 1 aliphatic heterocycles. The second kappa shape index (κ2) is 13.3. The number of halogens is 1. The Morgan fingerprint density at radius 2 is 1.79 bits per heavy atom. The molecule has 2 aliphatic rings. The van der Waals surface area contributed by atoms with Crippen LogP contribution in [0.3, 0.4) is 0 Å². The molecule has 1 N–H and O–H groups in total. The molecule has 0 unspecified atom stereocenters. The van der Waals surface area contributed by atoms with E-state index >= 15 is 0 Å². The van der Waals surface area contributed by atoms with Gasteiger partial charge in [-0.05, 0) is 75.3 Å². The monoisotopic (exact) mass is 558 g/mol. The summed E-state index contributed by atoms with van der Waals surface area (Å²) in [5.74, 6) is 2.02. The van der Waals surface area contributed by atoms with E-state index in [-0.39, 0.29) is 43.0 Å². The van der Waals surface area contributed by atoms with Crippen LogP contribution in [0.5, 0.6) is 23.0 Å². The average Bonchev–Trinajstić information content (AvgIpc) is 2.93.